The van der Waals surface area contributed by atoms with Crippen molar-refractivity contribution < 1.29 is 17.9 Å². The van der Waals surface area contributed by atoms with Crippen LogP contribution in [0.4, 0.5) is 28.8 Å². The third kappa shape index (κ3) is 7.12. The smallest absolute Gasteiger partial charge is 0.242 e. The number of sulfonamides is 1. The largest absolute Gasteiger partial charge is 0.495 e. The van der Waals surface area contributed by atoms with E-state index in [9.17, 15) is 13.2 Å². The number of nitrogens with one attached hydrogen (secondary N) is 3. The molecule has 1 saturated heterocycles. The normalized spacial score (nSPS) is 14.3. The number of amides is 1. The lowest BCUT2D eigenvalue weighted by molar-refractivity contribution is -0.122. The molecule has 1 aliphatic rings. The van der Waals surface area contributed by atoms with Crippen LogP contribution < -0.4 is 30.7 Å². The number of hydrogen-bond acceptors (Lipinski definition) is 9. The molecule has 1 fully saturated rings. The molecular weight excluding hydrogens is 554 g/mol. The molecule has 0 bridgehead atoms. The van der Waals surface area contributed by atoms with Crippen molar-refractivity contribution in [3.63, 3.8) is 0 Å². The summed E-state index contributed by atoms with van der Waals surface area (Å²) in [5.41, 5.74) is 7.38. The number of nitrogens with two attached hydrogens (primary N) is 1. The molecule has 11 nitrogen and oxygen atoms in total. The number of hydrogen-bond donors (Lipinski definition) is 4. The lowest BCUT2D eigenvalue weighted by atomic mass is 9.96. The number of aromatic nitrogens is 2. The van der Waals surface area contributed by atoms with Gasteiger partial charge in [-0.2, -0.15) is 4.98 Å². The second kappa shape index (κ2) is 12.7. The van der Waals surface area contributed by atoms with Gasteiger partial charge >= 0.3 is 0 Å². The maximum absolute atomic E-state index is 13.0. The van der Waals surface area contributed by atoms with Crippen molar-refractivity contribution in [1.82, 2.24) is 14.7 Å². The molecule has 0 atom stereocenters. The van der Waals surface area contributed by atoms with Crippen molar-refractivity contribution >= 4 is 56.4 Å². The topological polar surface area (TPSA) is 152 Å². The van der Waals surface area contributed by atoms with E-state index in [1.807, 2.05) is 32.0 Å². The Hall–Kier alpha value is -3.61. The summed E-state index contributed by atoms with van der Waals surface area (Å²) in [5.74, 6) is 0.829. The van der Waals surface area contributed by atoms with Crippen LogP contribution in [0.2, 0.25) is 5.02 Å². The van der Waals surface area contributed by atoms with Crippen molar-refractivity contribution in [2.75, 3.05) is 42.3 Å². The summed E-state index contributed by atoms with van der Waals surface area (Å²) in [6.45, 7) is 5.58. The zero-order valence-corrected chi connectivity index (χ0v) is 24.2. The van der Waals surface area contributed by atoms with E-state index in [1.165, 1.54) is 12.3 Å². The Morgan fingerprint density at radius 3 is 2.55 bits per heavy atom. The molecule has 1 amide bonds. The number of rotatable bonds is 11. The van der Waals surface area contributed by atoms with E-state index in [2.05, 4.69) is 30.2 Å². The molecule has 214 valence electrons. The number of piperidine rings is 1. The second-order valence-corrected chi connectivity index (χ2v) is 12.1. The molecule has 5 N–H and O–H groups in total. The second-order valence-electron chi connectivity index (χ2n) is 9.93. The Kier molecular flexibility index (Phi) is 9.33. The Morgan fingerprint density at radius 1 is 1.15 bits per heavy atom. The molecule has 0 aliphatic carbocycles. The first-order valence-corrected chi connectivity index (χ1v) is 14.8. The zero-order valence-electron chi connectivity index (χ0n) is 22.6. The van der Waals surface area contributed by atoms with Crippen LogP contribution in [0.1, 0.15) is 26.7 Å². The van der Waals surface area contributed by atoms with Gasteiger partial charge in [-0.05, 0) is 49.1 Å². The molecule has 2 heterocycles. The maximum atomic E-state index is 13.0. The molecule has 1 aliphatic heterocycles. The van der Waals surface area contributed by atoms with Crippen LogP contribution in [-0.4, -0.2) is 51.0 Å². The molecule has 40 heavy (non-hydrogen) atoms. The number of ether oxygens (including phenoxy) is 1. The molecule has 0 saturated carbocycles. The van der Waals surface area contributed by atoms with Gasteiger partial charge in [0.2, 0.25) is 21.9 Å². The molecule has 13 heteroatoms. The van der Waals surface area contributed by atoms with Gasteiger partial charge in [0, 0.05) is 31.2 Å². The molecule has 1 aromatic heterocycles. The average Bonchev–Trinajstić information content (AvgIpc) is 2.94. The van der Waals surface area contributed by atoms with Crippen LogP contribution in [0.3, 0.4) is 0 Å². The van der Waals surface area contributed by atoms with E-state index in [-0.39, 0.29) is 39.4 Å². The van der Waals surface area contributed by atoms with Gasteiger partial charge in [-0.3, -0.25) is 4.79 Å². The van der Waals surface area contributed by atoms with E-state index >= 15 is 0 Å². The number of benzene rings is 2. The molecule has 0 spiro atoms. The molecule has 0 radical (unpaired) electrons. The molecule has 2 aromatic carbocycles. The van der Waals surface area contributed by atoms with E-state index < -0.39 is 10.0 Å². The minimum absolute atomic E-state index is 0.0781. The van der Waals surface area contributed by atoms with E-state index in [4.69, 9.17) is 22.1 Å². The minimum Gasteiger partial charge on any atom is -0.495 e. The number of carbonyl (C=O) groups excluding carboxylic acids is 1. The number of nitrogens with zero attached hydrogens (tertiary/aromatic N) is 3. The first-order chi connectivity index (χ1) is 19.1. The highest BCUT2D eigenvalue weighted by atomic mass is 35.5. The van der Waals surface area contributed by atoms with Crippen molar-refractivity contribution in [3.05, 3.63) is 53.7 Å². The SMILES string of the molecule is COc1ccc(N2CCC(C(N)=O)CC2)cc1Nc1ncc(Cl)c(Nc2ccccc2S(=O)(=O)NCC(C)C)n1. The van der Waals surface area contributed by atoms with Crippen LogP contribution in [0.5, 0.6) is 5.75 Å². The van der Waals surface area contributed by atoms with Gasteiger partial charge in [0.05, 0.1) is 24.7 Å². The Morgan fingerprint density at radius 2 is 1.88 bits per heavy atom. The first-order valence-electron chi connectivity index (χ1n) is 12.9. The zero-order chi connectivity index (χ0) is 28.9. The summed E-state index contributed by atoms with van der Waals surface area (Å²) in [6, 6.07) is 12.3. The quantitative estimate of drug-likeness (QED) is 0.258. The fraction of sp³-hybridized carbons (Fsp3) is 0.370. The average molecular weight is 588 g/mol. The summed E-state index contributed by atoms with van der Waals surface area (Å²) < 4.78 is 34.1. The van der Waals surface area contributed by atoms with Crippen LogP contribution in [0.15, 0.2) is 53.6 Å². The molecule has 0 unspecified atom stereocenters. The highest BCUT2D eigenvalue weighted by Gasteiger charge is 2.24. The standard InChI is InChI=1S/C27H34ClN7O4S/c1-17(2)15-31-40(37,38)24-7-5-4-6-21(24)32-26-20(28)16-30-27(34-26)33-22-14-19(8-9-23(22)39-3)35-12-10-18(11-13-35)25(29)36/h4-9,14,16-18,31H,10-13,15H2,1-3H3,(H2,29,36)(H2,30,32,33,34). The minimum atomic E-state index is -3.77. The van der Waals surface area contributed by atoms with Crippen LogP contribution in [0.25, 0.3) is 0 Å². The predicted molar refractivity (Wildman–Crippen MR) is 157 cm³/mol. The Labute approximate surface area is 239 Å². The summed E-state index contributed by atoms with van der Waals surface area (Å²) in [6.07, 6.45) is 2.82. The third-order valence-corrected chi connectivity index (χ3v) is 8.31. The lowest BCUT2D eigenvalue weighted by Crippen LogP contribution is -2.38. The van der Waals surface area contributed by atoms with Gasteiger partial charge in [-0.25, -0.2) is 18.1 Å². The van der Waals surface area contributed by atoms with Crippen molar-refractivity contribution in [2.24, 2.45) is 17.6 Å². The third-order valence-electron chi connectivity index (χ3n) is 6.55. The molecule has 4 rings (SSSR count). The highest BCUT2D eigenvalue weighted by molar-refractivity contribution is 7.89. The number of halogens is 1. The van der Waals surface area contributed by atoms with Gasteiger partial charge in [0.1, 0.15) is 15.7 Å². The first kappa shape index (κ1) is 29.4. The summed E-state index contributed by atoms with van der Waals surface area (Å²) in [7, 11) is -2.20. The van der Waals surface area contributed by atoms with Gasteiger partial charge in [-0.15, -0.1) is 0 Å². The van der Waals surface area contributed by atoms with Crippen LogP contribution in [-0.2, 0) is 14.8 Å². The van der Waals surface area contributed by atoms with Crippen molar-refractivity contribution in [3.8, 4) is 5.75 Å². The van der Waals surface area contributed by atoms with Crippen molar-refractivity contribution in [1.29, 1.82) is 0 Å². The fourth-order valence-corrected chi connectivity index (χ4v) is 5.85. The summed E-state index contributed by atoms with van der Waals surface area (Å²) >= 11 is 6.39. The van der Waals surface area contributed by atoms with Crippen molar-refractivity contribution in [2.45, 2.75) is 31.6 Å². The monoisotopic (exact) mass is 587 g/mol. The summed E-state index contributed by atoms with van der Waals surface area (Å²) in [4.78, 5) is 22.6. The van der Waals surface area contributed by atoms with Gasteiger partial charge < -0.3 is 26.0 Å². The van der Waals surface area contributed by atoms with Gasteiger partial charge in [-0.1, -0.05) is 37.6 Å². The number of para-hydroxylation sites is 1. The maximum Gasteiger partial charge on any atom is 0.242 e. The molecule has 3 aromatic rings. The Balaban J connectivity index is 1.57. The van der Waals surface area contributed by atoms with E-state index in [0.717, 1.165) is 5.69 Å². The number of carbonyl (C=O) groups is 1. The number of primary amides is 1. The molecular formula is C27H34ClN7O4S. The van der Waals surface area contributed by atoms with E-state index in [0.29, 0.717) is 49.6 Å². The van der Waals surface area contributed by atoms with E-state index in [1.54, 1.807) is 25.3 Å². The van der Waals surface area contributed by atoms with Crippen LogP contribution in [0, 0.1) is 11.8 Å². The lowest BCUT2D eigenvalue weighted by Gasteiger charge is -2.32. The predicted octanol–water partition coefficient (Wildman–Crippen LogP) is 4.26. The number of methoxy groups -OCH3 is 1. The highest BCUT2D eigenvalue weighted by Crippen LogP contribution is 2.34. The fourth-order valence-electron chi connectivity index (χ4n) is 4.33. The van der Waals surface area contributed by atoms with Gasteiger partial charge in [0.25, 0.3) is 0 Å². The van der Waals surface area contributed by atoms with Crippen LogP contribution >= 0.6 is 11.6 Å². The summed E-state index contributed by atoms with van der Waals surface area (Å²) in [5, 5.41) is 6.44. The number of anilines is 5. The van der Waals surface area contributed by atoms with Gasteiger partial charge in [0.15, 0.2) is 5.82 Å². The Bertz CT molecular complexity index is 1460.